The first kappa shape index (κ1) is 17.8. The second-order valence-corrected chi connectivity index (χ2v) is 6.48. The average Bonchev–Trinajstić information content (AvgIpc) is 2.35. The summed E-state index contributed by atoms with van der Waals surface area (Å²) in [4.78, 5) is 18.8. The van der Waals surface area contributed by atoms with Crippen molar-refractivity contribution in [2.24, 2.45) is 11.8 Å². The molecule has 118 valence electrons. The molecule has 1 amide bonds. The van der Waals surface area contributed by atoms with Crippen LogP contribution in [0.5, 0.6) is 0 Å². The number of rotatable bonds is 7. The number of pyridine rings is 1. The van der Waals surface area contributed by atoms with Gasteiger partial charge in [-0.25, -0.2) is 4.98 Å². The molecule has 0 aliphatic heterocycles. The molecule has 0 aliphatic carbocycles. The van der Waals surface area contributed by atoms with Crippen LogP contribution in [0.3, 0.4) is 0 Å². The highest BCUT2D eigenvalue weighted by molar-refractivity contribution is 6.29. The van der Waals surface area contributed by atoms with Crippen LogP contribution in [-0.2, 0) is 0 Å². The fourth-order valence-corrected chi connectivity index (χ4v) is 2.41. The standard InChI is InChI=1S/C16H26ClN3O/c1-6-18-15-8-13(7-14(17)19-15)16(21)20(9-11(2)3)10-12(4)5/h7-8,11-12H,6,9-10H2,1-5H3,(H,18,19). The molecular formula is C16H26ClN3O. The lowest BCUT2D eigenvalue weighted by Crippen LogP contribution is -2.37. The Morgan fingerprint density at radius 3 is 2.29 bits per heavy atom. The van der Waals surface area contributed by atoms with Gasteiger partial charge < -0.3 is 10.2 Å². The van der Waals surface area contributed by atoms with E-state index in [1.54, 1.807) is 12.1 Å². The van der Waals surface area contributed by atoms with Gasteiger partial charge in [0.15, 0.2) is 0 Å². The summed E-state index contributed by atoms with van der Waals surface area (Å²) in [7, 11) is 0. The summed E-state index contributed by atoms with van der Waals surface area (Å²) >= 11 is 6.02. The molecule has 1 heterocycles. The van der Waals surface area contributed by atoms with Crippen LogP contribution in [-0.4, -0.2) is 35.4 Å². The molecule has 0 atom stereocenters. The number of nitrogens with one attached hydrogen (secondary N) is 1. The van der Waals surface area contributed by atoms with Crippen molar-refractivity contribution in [1.29, 1.82) is 0 Å². The topological polar surface area (TPSA) is 45.2 Å². The van der Waals surface area contributed by atoms with Gasteiger partial charge >= 0.3 is 0 Å². The molecule has 0 bridgehead atoms. The Morgan fingerprint density at radius 1 is 1.24 bits per heavy atom. The van der Waals surface area contributed by atoms with E-state index in [1.807, 2.05) is 11.8 Å². The van der Waals surface area contributed by atoms with Crippen molar-refractivity contribution in [2.45, 2.75) is 34.6 Å². The number of nitrogens with zero attached hydrogens (tertiary/aromatic N) is 2. The number of halogens is 1. The molecule has 1 aromatic rings. The first-order valence-corrected chi connectivity index (χ1v) is 7.92. The van der Waals surface area contributed by atoms with Gasteiger partial charge in [-0.05, 0) is 30.9 Å². The molecule has 1 rings (SSSR count). The highest BCUT2D eigenvalue weighted by Crippen LogP contribution is 2.17. The third-order valence-corrected chi connectivity index (χ3v) is 3.05. The number of amides is 1. The van der Waals surface area contributed by atoms with Crippen molar-refractivity contribution in [3.05, 3.63) is 22.8 Å². The van der Waals surface area contributed by atoms with Gasteiger partial charge in [0.25, 0.3) is 5.91 Å². The Labute approximate surface area is 132 Å². The first-order chi connectivity index (χ1) is 9.83. The minimum atomic E-state index is 0.0147. The molecule has 1 aromatic heterocycles. The minimum Gasteiger partial charge on any atom is -0.370 e. The Hall–Kier alpha value is -1.29. The zero-order chi connectivity index (χ0) is 16.0. The fourth-order valence-electron chi connectivity index (χ4n) is 2.20. The molecule has 0 saturated carbocycles. The maximum atomic E-state index is 12.7. The van der Waals surface area contributed by atoms with Crippen molar-refractivity contribution >= 4 is 23.3 Å². The molecule has 4 nitrogen and oxygen atoms in total. The first-order valence-electron chi connectivity index (χ1n) is 7.54. The Balaban J connectivity index is 3.01. The van der Waals surface area contributed by atoms with Crippen molar-refractivity contribution in [3.63, 3.8) is 0 Å². The third kappa shape index (κ3) is 5.92. The van der Waals surface area contributed by atoms with E-state index in [0.29, 0.717) is 28.4 Å². The number of hydrogen-bond donors (Lipinski definition) is 1. The van der Waals surface area contributed by atoms with Crippen molar-refractivity contribution in [1.82, 2.24) is 9.88 Å². The second-order valence-electron chi connectivity index (χ2n) is 6.09. The summed E-state index contributed by atoms with van der Waals surface area (Å²) in [6.45, 7) is 12.7. The fraction of sp³-hybridized carbons (Fsp3) is 0.625. The van der Waals surface area contributed by atoms with E-state index in [4.69, 9.17) is 11.6 Å². The molecule has 0 radical (unpaired) electrons. The molecule has 1 N–H and O–H groups in total. The van der Waals surface area contributed by atoms with Gasteiger partial charge in [0.1, 0.15) is 11.0 Å². The Morgan fingerprint density at radius 2 is 1.81 bits per heavy atom. The molecule has 0 spiro atoms. The number of aromatic nitrogens is 1. The van der Waals surface area contributed by atoms with E-state index in [9.17, 15) is 4.79 Å². The Kier molecular flexibility index (Phi) is 6.96. The number of carbonyl (C=O) groups excluding carboxylic acids is 1. The van der Waals surface area contributed by atoms with E-state index >= 15 is 0 Å². The summed E-state index contributed by atoms with van der Waals surface area (Å²) < 4.78 is 0. The predicted octanol–water partition coefficient (Wildman–Crippen LogP) is 3.92. The van der Waals surface area contributed by atoms with Gasteiger partial charge in [0, 0.05) is 25.2 Å². The van der Waals surface area contributed by atoms with Crippen LogP contribution in [0.15, 0.2) is 12.1 Å². The summed E-state index contributed by atoms with van der Waals surface area (Å²) in [5, 5.41) is 3.44. The smallest absolute Gasteiger partial charge is 0.254 e. The van der Waals surface area contributed by atoms with Crippen molar-refractivity contribution < 1.29 is 4.79 Å². The number of anilines is 1. The molecule has 0 saturated heterocycles. The summed E-state index contributed by atoms with van der Waals surface area (Å²) in [6, 6.07) is 3.41. The van der Waals surface area contributed by atoms with E-state index < -0.39 is 0 Å². The quantitative estimate of drug-likeness (QED) is 0.776. The van der Waals surface area contributed by atoms with Gasteiger partial charge in [-0.2, -0.15) is 0 Å². The molecule has 0 fully saturated rings. The minimum absolute atomic E-state index is 0.0147. The Bertz CT molecular complexity index is 465. The summed E-state index contributed by atoms with van der Waals surface area (Å²) in [5.74, 6) is 1.51. The lowest BCUT2D eigenvalue weighted by Gasteiger charge is -2.26. The van der Waals surface area contributed by atoms with Gasteiger partial charge in [0.05, 0.1) is 0 Å². The van der Waals surface area contributed by atoms with Crippen LogP contribution in [0.4, 0.5) is 5.82 Å². The van der Waals surface area contributed by atoms with E-state index in [2.05, 4.69) is 38.0 Å². The highest BCUT2D eigenvalue weighted by Gasteiger charge is 2.19. The highest BCUT2D eigenvalue weighted by atomic mass is 35.5. The van der Waals surface area contributed by atoms with Crippen LogP contribution < -0.4 is 5.32 Å². The van der Waals surface area contributed by atoms with Gasteiger partial charge in [0.2, 0.25) is 0 Å². The molecule has 21 heavy (non-hydrogen) atoms. The largest absolute Gasteiger partial charge is 0.370 e. The maximum absolute atomic E-state index is 12.7. The molecule has 0 aromatic carbocycles. The van der Waals surface area contributed by atoms with Crippen LogP contribution in [0.1, 0.15) is 45.0 Å². The van der Waals surface area contributed by atoms with Gasteiger partial charge in [-0.3, -0.25) is 4.79 Å². The number of hydrogen-bond acceptors (Lipinski definition) is 3. The van der Waals surface area contributed by atoms with Crippen LogP contribution in [0, 0.1) is 11.8 Å². The van der Waals surface area contributed by atoms with E-state index in [-0.39, 0.29) is 5.91 Å². The molecular weight excluding hydrogens is 286 g/mol. The maximum Gasteiger partial charge on any atom is 0.254 e. The van der Waals surface area contributed by atoms with Crippen LogP contribution >= 0.6 is 11.6 Å². The monoisotopic (exact) mass is 311 g/mol. The number of carbonyl (C=O) groups is 1. The van der Waals surface area contributed by atoms with Crippen LogP contribution in [0.25, 0.3) is 0 Å². The van der Waals surface area contributed by atoms with Gasteiger partial charge in [-0.15, -0.1) is 0 Å². The van der Waals surface area contributed by atoms with Gasteiger partial charge in [-0.1, -0.05) is 39.3 Å². The molecule has 0 aliphatic rings. The van der Waals surface area contributed by atoms with E-state index in [0.717, 1.165) is 19.6 Å². The summed E-state index contributed by atoms with van der Waals surface area (Å²) in [6.07, 6.45) is 0. The molecule has 0 unspecified atom stereocenters. The summed E-state index contributed by atoms with van der Waals surface area (Å²) in [5.41, 5.74) is 0.590. The van der Waals surface area contributed by atoms with Crippen LogP contribution in [0.2, 0.25) is 5.15 Å². The predicted molar refractivity (Wildman–Crippen MR) is 89.0 cm³/mol. The molecule has 5 heteroatoms. The third-order valence-electron chi connectivity index (χ3n) is 2.86. The van der Waals surface area contributed by atoms with Crippen molar-refractivity contribution in [2.75, 3.05) is 25.0 Å². The lowest BCUT2D eigenvalue weighted by molar-refractivity contribution is 0.0715. The zero-order valence-electron chi connectivity index (χ0n) is 13.6. The SMILES string of the molecule is CCNc1cc(C(=O)N(CC(C)C)CC(C)C)cc(Cl)n1. The lowest BCUT2D eigenvalue weighted by atomic mass is 10.1. The van der Waals surface area contributed by atoms with Crippen molar-refractivity contribution in [3.8, 4) is 0 Å². The average molecular weight is 312 g/mol. The van der Waals surface area contributed by atoms with E-state index in [1.165, 1.54) is 0 Å². The normalized spacial score (nSPS) is 11.0. The second kappa shape index (κ2) is 8.23. The zero-order valence-corrected chi connectivity index (χ0v) is 14.4.